The van der Waals surface area contributed by atoms with Crippen molar-refractivity contribution in [2.24, 2.45) is 0 Å². The van der Waals surface area contributed by atoms with Crippen molar-refractivity contribution < 1.29 is 80.6 Å². The van der Waals surface area contributed by atoms with Gasteiger partial charge in [-0.15, -0.1) is 0 Å². The molecule has 0 bridgehead atoms. The summed E-state index contributed by atoms with van der Waals surface area (Å²) in [5.74, 6) is 0.0213. The molecule has 4 aromatic rings. The molecule has 27 nitrogen and oxygen atoms in total. The molecule has 0 aromatic carbocycles. The standard InChI is InChI=1S/C20H28N10O17P4S2/c21-15-9-17(25-3-23-15)29(5-27-9)19-13(33)11(31)7(43-19)1-41-50(39,52)46-49(38,45-48(35,36)37)47-51(40,53)42-2-8-12(32)14(34)20(44-8)30-6-28-10-16(22)24-4-26-18(10)30/h3-8,11-14,19-20,31-34H,1-2H2,(H,39,52)(H,40,53)(H2,21,23,25)(H2,22,24,26)(H2,35,36,37)/p-1. The Bertz CT molecular complexity index is 2060. The van der Waals surface area contributed by atoms with Crippen molar-refractivity contribution >= 4 is 86.7 Å². The molecular formula is C20H27N10O17P4S2-. The zero-order chi connectivity index (χ0) is 38.7. The number of aliphatic hydroxyl groups is 4. The van der Waals surface area contributed by atoms with E-state index in [1.165, 1.54) is 21.8 Å². The highest BCUT2D eigenvalue weighted by molar-refractivity contribution is 8.10. The molecule has 2 saturated heterocycles. The Morgan fingerprint density at radius 1 is 0.698 bits per heavy atom. The summed E-state index contributed by atoms with van der Waals surface area (Å²) in [6.45, 7) is -11.9. The van der Waals surface area contributed by atoms with Gasteiger partial charge in [-0.25, -0.2) is 47.4 Å². The second kappa shape index (κ2) is 15.1. The first-order chi connectivity index (χ1) is 24.7. The molecule has 6 heterocycles. The van der Waals surface area contributed by atoms with E-state index < -0.39 is 91.4 Å². The van der Waals surface area contributed by atoms with Crippen LogP contribution in [0.2, 0.25) is 0 Å². The monoisotopic (exact) mass is 867 g/mol. The maximum Gasteiger partial charge on any atom is 0.495 e. The lowest BCUT2D eigenvalue weighted by Gasteiger charge is -2.28. The van der Waals surface area contributed by atoms with Crippen LogP contribution in [0.1, 0.15) is 12.5 Å². The Kier molecular flexibility index (Phi) is 11.5. The van der Waals surface area contributed by atoms with Crippen LogP contribution in [0.25, 0.3) is 22.3 Å². The minimum absolute atomic E-state index is 0.0107. The summed E-state index contributed by atoms with van der Waals surface area (Å²) in [6, 6.07) is 0. The van der Waals surface area contributed by atoms with Crippen LogP contribution < -0.4 is 16.4 Å². The van der Waals surface area contributed by atoms with E-state index in [0.29, 0.717) is 0 Å². The average molecular weight is 868 g/mol. The molecule has 0 aliphatic carbocycles. The van der Waals surface area contributed by atoms with Gasteiger partial charge in [-0.1, -0.05) is 0 Å². The van der Waals surface area contributed by atoms with Crippen LogP contribution in [0.15, 0.2) is 25.3 Å². The molecule has 11 atom stereocenters. The number of nitrogens with two attached hydrogens (primary N) is 2. The number of fused-ring (bicyclic) bond motifs is 2. The molecule has 2 aliphatic rings. The minimum atomic E-state index is -6.10. The molecule has 292 valence electrons. The summed E-state index contributed by atoms with van der Waals surface area (Å²) in [5.41, 5.74) is 12.1. The van der Waals surface area contributed by atoms with E-state index in [0.717, 1.165) is 12.7 Å². The molecule has 2 aliphatic heterocycles. The second-order valence-corrected chi connectivity index (χ2v) is 19.9. The van der Waals surface area contributed by atoms with E-state index in [1.54, 1.807) is 0 Å². The smallest absolute Gasteiger partial charge is 0.495 e. The molecule has 11 N–H and O–H groups in total. The van der Waals surface area contributed by atoms with E-state index in [4.69, 9.17) is 53.6 Å². The highest BCUT2D eigenvalue weighted by Crippen LogP contribution is 2.74. The van der Waals surface area contributed by atoms with Crippen molar-refractivity contribution in [3.8, 4) is 0 Å². The molecule has 0 saturated carbocycles. The van der Waals surface area contributed by atoms with Crippen molar-refractivity contribution in [2.75, 3.05) is 24.7 Å². The third-order valence-corrected chi connectivity index (χ3v) is 15.1. The van der Waals surface area contributed by atoms with E-state index in [2.05, 4.69) is 42.8 Å². The Morgan fingerprint density at radius 2 is 1.09 bits per heavy atom. The van der Waals surface area contributed by atoms with Crippen LogP contribution in [0.5, 0.6) is 0 Å². The number of hydrogen-bond acceptors (Lipinski definition) is 24. The lowest BCUT2D eigenvalue weighted by molar-refractivity contribution is -0.212. The molecule has 0 radical (unpaired) electrons. The number of hydrogen-bond donors (Lipinski definition) is 9. The summed E-state index contributed by atoms with van der Waals surface area (Å²) in [4.78, 5) is 65.8. The van der Waals surface area contributed by atoms with Crippen LogP contribution in [-0.2, 0) is 64.2 Å². The maximum atomic E-state index is 13.3. The zero-order valence-corrected chi connectivity index (χ0v) is 31.1. The lowest BCUT2D eigenvalue weighted by atomic mass is 10.1. The van der Waals surface area contributed by atoms with E-state index in [9.17, 15) is 49.1 Å². The van der Waals surface area contributed by atoms with Gasteiger partial charge in [0, 0.05) is 0 Å². The quantitative estimate of drug-likeness (QED) is 0.0576. The number of ether oxygens (including phenoxy) is 2. The number of imidazole rings is 2. The normalized spacial score (nSPS) is 30.9. The van der Waals surface area contributed by atoms with Gasteiger partial charge in [-0.3, -0.25) is 13.7 Å². The molecule has 11 unspecified atom stereocenters. The van der Waals surface area contributed by atoms with Crippen LogP contribution >= 0.6 is 29.1 Å². The fourth-order valence-corrected chi connectivity index (χ4v) is 12.2. The van der Waals surface area contributed by atoms with Gasteiger partial charge in [-0.2, -0.15) is 0 Å². The molecule has 2 fully saturated rings. The minimum Gasteiger partial charge on any atom is -0.756 e. The lowest BCUT2D eigenvalue weighted by Crippen LogP contribution is -2.33. The van der Waals surface area contributed by atoms with Crippen molar-refractivity contribution in [1.29, 1.82) is 0 Å². The van der Waals surface area contributed by atoms with Gasteiger partial charge in [0.25, 0.3) is 7.82 Å². The number of nitrogen functional groups attached to an aromatic ring is 2. The Morgan fingerprint density at radius 3 is 1.47 bits per heavy atom. The van der Waals surface area contributed by atoms with Crippen LogP contribution in [0.3, 0.4) is 0 Å². The third-order valence-electron chi connectivity index (χ3n) is 7.41. The van der Waals surface area contributed by atoms with Crippen LogP contribution in [0.4, 0.5) is 11.6 Å². The molecular weight excluding hydrogens is 840 g/mol. The first-order valence-electron chi connectivity index (χ1n) is 14.3. The fraction of sp³-hybridized carbons (Fsp3) is 0.500. The summed E-state index contributed by atoms with van der Waals surface area (Å²) in [7, 11) is -12.1. The molecule has 0 spiro atoms. The van der Waals surface area contributed by atoms with Gasteiger partial charge in [0.2, 0.25) is 0 Å². The largest absolute Gasteiger partial charge is 0.756 e. The Balaban J connectivity index is 1.10. The summed E-state index contributed by atoms with van der Waals surface area (Å²) >= 11 is 9.51. The molecule has 6 rings (SSSR count). The SMILES string of the molecule is Nc1ncnc2c1ncn2C1OC(COP(O)(=S)OP(=O)(OP(=O)([O-])O)OP(O)(=S)OCC2OC(n3cnc4c(N)ncnc43)C(O)C2O)C(O)C1O. The maximum absolute atomic E-state index is 13.3. The predicted molar refractivity (Wildman–Crippen MR) is 177 cm³/mol. The molecule has 4 aromatic heterocycles. The van der Waals surface area contributed by atoms with Gasteiger partial charge in [0.05, 0.1) is 25.9 Å². The summed E-state index contributed by atoms with van der Waals surface area (Å²) < 4.78 is 61.8. The van der Waals surface area contributed by atoms with Crippen LogP contribution in [0, 0.1) is 0 Å². The van der Waals surface area contributed by atoms with Crippen molar-refractivity contribution in [3.63, 3.8) is 0 Å². The van der Waals surface area contributed by atoms with Crippen LogP contribution in [-0.4, -0.2) is 124 Å². The fourth-order valence-electron chi connectivity index (χ4n) is 5.11. The average Bonchev–Trinajstić information content (AvgIpc) is 3.80. The zero-order valence-electron chi connectivity index (χ0n) is 25.9. The van der Waals surface area contributed by atoms with Crippen molar-refractivity contribution in [1.82, 2.24) is 39.0 Å². The van der Waals surface area contributed by atoms with Gasteiger partial charge >= 0.3 is 21.3 Å². The van der Waals surface area contributed by atoms with E-state index >= 15 is 0 Å². The van der Waals surface area contributed by atoms with Crippen molar-refractivity contribution in [2.45, 2.75) is 49.1 Å². The first-order valence-corrected chi connectivity index (χ1v) is 22.4. The summed E-state index contributed by atoms with van der Waals surface area (Å²) in [6.07, 6.45) is -7.86. The number of nitrogens with zero attached hydrogens (tertiary/aromatic N) is 8. The van der Waals surface area contributed by atoms with Gasteiger partial charge in [0.1, 0.15) is 60.3 Å². The second-order valence-electron chi connectivity index (χ2n) is 10.9. The Labute approximate surface area is 304 Å². The highest BCUT2D eigenvalue weighted by Gasteiger charge is 2.49. The third kappa shape index (κ3) is 8.81. The van der Waals surface area contributed by atoms with Gasteiger partial charge < -0.3 is 70.0 Å². The Hall–Kier alpha value is -2.14. The van der Waals surface area contributed by atoms with E-state index in [-0.39, 0.29) is 34.0 Å². The predicted octanol–water partition coefficient (Wildman–Crippen LogP) is -2.85. The number of anilines is 2. The van der Waals surface area contributed by atoms with Crippen molar-refractivity contribution in [3.05, 3.63) is 25.3 Å². The first kappa shape index (κ1) is 40.5. The summed E-state index contributed by atoms with van der Waals surface area (Å²) in [5, 5.41) is 42.4. The molecule has 53 heavy (non-hydrogen) atoms. The molecule has 0 amide bonds. The van der Waals surface area contributed by atoms with Gasteiger partial charge in [0.15, 0.2) is 35.4 Å². The number of aromatic nitrogens is 8. The molecule has 33 heteroatoms. The highest BCUT2D eigenvalue weighted by atomic mass is 32.5. The number of aliphatic hydroxyl groups excluding tert-OH is 4. The topological polar surface area (TPSA) is 403 Å². The number of rotatable bonds is 14. The number of phosphoric acid groups is 2. The van der Waals surface area contributed by atoms with Gasteiger partial charge in [-0.05, 0) is 23.6 Å². The van der Waals surface area contributed by atoms with E-state index in [1.807, 2.05) is 0 Å².